The van der Waals surface area contributed by atoms with Gasteiger partial charge >= 0.3 is 12.2 Å². The molecular formula is C24H27ClN2O6. The van der Waals surface area contributed by atoms with Crippen LogP contribution < -0.4 is 20.1 Å². The Bertz CT molecular complexity index is 1120. The molecule has 3 rings (SSSR count). The lowest BCUT2D eigenvalue weighted by Gasteiger charge is -2.18. The molecule has 0 saturated carbocycles. The Morgan fingerprint density at radius 2 is 1.21 bits per heavy atom. The standard InChI is InChI=1S/C24H27ClN2O6/c1-3-26-23(28)32-13-11-30-21-17-7-5-6-8-18(17)22(20-15-16(25)9-10-19(20)21)31-12-14-33-24(29)27-4-2/h5-10,15H,3-4,11-14H2,1-2H3,(H,26,28)(H,27,29). The van der Waals surface area contributed by atoms with Gasteiger partial charge in [-0.15, -0.1) is 0 Å². The molecule has 2 amide bonds. The highest BCUT2D eigenvalue weighted by Crippen LogP contribution is 2.43. The first-order chi connectivity index (χ1) is 16.0. The van der Waals surface area contributed by atoms with Gasteiger partial charge in [-0.05, 0) is 32.0 Å². The summed E-state index contributed by atoms with van der Waals surface area (Å²) in [6.07, 6.45) is -0.973. The van der Waals surface area contributed by atoms with E-state index in [1.54, 1.807) is 12.1 Å². The van der Waals surface area contributed by atoms with Gasteiger partial charge in [0.1, 0.15) is 37.9 Å². The number of amides is 2. The smallest absolute Gasteiger partial charge is 0.407 e. The van der Waals surface area contributed by atoms with Crippen LogP contribution in [0.15, 0.2) is 42.5 Å². The molecule has 176 valence electrons. The van der Waals surface area contributed by atoms with Crippen molar-refractivity contribution in [3.8, 4) is 11.5 Å². The summed E-state index contributed by atoms with van der Waals surface area (Å²) in [5.74, 6) is 1.26. The Labute approximate surface area is 197 Å². The first-order valence-corrected chi connectivity index (χ1v) is 11.1. The van der Waals surface area contributed by atoms with E-state index in [1.165, 1.54) is 0 Å². The second-order valence-electron chi connectivity index (χ2n) is 6.92. The van der Waals surface area contributed by atoms with E-state index in [-0.39, 0.29) is 26.4 Å². The number of fused-ring (bicyclic) bond motifs is 2. The second kappa shape index (κ2) is 12.0. The molecule has 33 heavy (non-hydrogen) atoms. The van der Waals surface area contributed by atoms with Gasteiger partial charge in [0, 0.05) is 39.7 Å². The Morgan fingerprint density at radius 1 is 0.727 bits per heavy atom. The molecule has 0 aromatic heterocycles. The lowest BCUT2D eigenvalue weighted by atomic mass is 10.0. The van der Waals surface area contributed by atoms with Crippen LogP contribution in [0, 0.1) is 0 Å². The maximum Gasteiger partial charge on any atom is 0.407 e. The summed E-state index contributed by atoms with van der Waals surface area (Å²) in [5, 5.41) is 8.92. The molecule has 2 N–H and O–H groups in total. The fourth-order valence-electron chi connectivity index (χ4n) is 3.33. The third-order valence-corrected chi connectivity index (χ3v) is 4.89. The first kappa shape index (κ1) is 24.3. The molecule has 9 heteroatoms. The van der Waals surface area contributed by atoms with Gasteiger partial charge in [0.25, 0.3) is 0 Å². The van der Waals surface area contributed by atoms with Crippen LogP contribution in [0.5, 0.6) is 11.5 Å². The van der Waals surface area contributed by atoms with Crippen LogP contribution in [-0.2, 0) is 9.47 Å². The van der Waals surface area contributed by atoms with E-state index in [1.807, 2.05) is 44.2 Å². The van der Waals surface area contributed by atoms with Crippen LogP contribution in [-0.4, -0.2) is 51.7 Å². The summed E-state index contributed by atoms with van der Waals surface area (Å²) in [4.78, 5) is 23.0. The number of rotatable bonds is 10. The molecule has 0 aliphatic rings. The van der Waals surface area contributed by atoms with Gasteiger partial charge in [-0.2, -0.15) is 0 Å². The number of ether oxygens (including phenoxy) is 4. The molecular weight excluding hydrogens is 448 g/mol. The summed E-state index contributed by atoms with van der Waals surface area (Å²) < 4.78 is 22.3. The Morgan fingerprint density at radius 3 is 1.73 bits per heavy atom. The first-order valence-electron chi connectivity index (χ1n) is 10.8. The molecule has 8 nitrogen and oxygen atoms in total. The van der Waals surface area contributed by atoms with Gasteiger partial charge in [-0.25, -0.2) is 9.59 Å². The minimum atomic E-state index is -0.488. The van der Waals surface area contributed by atoms with Crippen LogP contribution in [0.25, 0.3) is 21.5 Å². The molecule has 3 aromatic carbocycles. The summed E-state index contributed by atoms with van der Waals surface area (Å²) in [7, 11) is 0. The van der Waals surface area contributed by atoms with Crippen molar-refractivity contribution in [2.45, 2.75) is 13.8 Å². The Hall–Kier alpha value is -3.39. The Balaban J connectivity index is 1.87. The van der Waals surface area contributed by atoms with Crippen molar-refractivity contribution in [1.82, 2.24) is 10.6 Å². The number of hydrogen-bond acceptors (Lipinski definition) is 6. The van der Waals surface area contributed by atoms with Gasteiger partial charge in [0.15, 0.2) is 0 Å². The van der Waals surface area contributed by atoms with Crippen molar-refractivity contribution >= 4 is 45.3 Å². The predicted octanol–water partition coefficient (Wildman–Crippen LogP) is 4.90. The lowest BCUT2D eigenvalue weighted by molar-refractivity contribution is 0.125. The van der Waals surface area contributed by atoms with Gasteiger partial charge < -0.3 is 29.6 Å². The number of carbonyl (C=O) groups excluding carboxylic acids is 2. The van der Waals surface area contributed by atoms with E-state index in [0.717, 1.165) is 21.5 Å². The number of benzene rings is 3. The lowest BCUT2D eigenvalue weighted by Crippen LogP contribution is -2.25. The topological polar surface area (TPSA) is 95.1 Å². The summed E-state index contributed by atoms with van der Waals surface area (Å²) in [6.45, 7) is 5.16. The van der Waals surface area contributed by atoms with E-state index in [0.29, 0.717) is 29.6 Å². The van der Waals surface area contributed by atoms with Crippen molar-refractivity contribution in [1.29, 1.82) is 0 Å². The third-order valence-electron chi connectivity index (χ3n) is 4.66. The molecule has 3 aromatic rings. The number of hydrogen-bond donors (Lipinski definition) is 2. The average Bonchev–Trinajstić information content (AvgIpc) is 2.80. The number of nitrogens with one attached hydrogen (secondary N) is 2. The molecule has 0 fully saturated rings. The quantitative estimate of drug-likeness (QED) is 0.320. The van der Waals surface area contributed by atoms with Gasteiger partial charge in [0.05, 0.1) is 0 Å². The van der Waals surface area contributed by atoms with E-state index in [2.05, 4.69) is 10.6 Å². The maximum atomic E-state index is 11.5. The van der Waals surface area contributed by atoms with E-state index in [4.69, 9.17) is 30.5 Å². The number of carbonyl (C=O) groups is 2. The zero-order valence-electron chi connectivity index (χ0n) is 18.6. The highest BCUT2D eigenvalue weighted by Gasteiger charge is 2.17. The van der Waals surface area contributed by atoms with Crippen molar-refractivity contribution in [2.24, 2.45) is 0 Å². The molecule has 0 spiro atoms. The van der Waals surface area contributed by atoms with E-state index >= 15 is 0 Å². The van der Waals surface area contributed by atoms with Crippen LogP contribution in [0.2, 0.25) is 5.02 Å². The van der Waals surface area contributed by atoms with Gasteiger partial charge in [0.2, 0.25) is 0 Å². The second-order valence-corrected chi connectivity index (χ2v) is 7.36. The van der Waals surface area contributed by atoms with Crippen LogP contribution in [0.4, 0.5) is 9.59 Å². The van der Waals surface area contributed by atoms with Crippen molar-refractivity contribution < 1.29 is 28.5 Å². The van der Waals surface area contributed by atoms with E-state index < -0.39 is 12.2 Å². The van der Waals surface area contributed by atoms with E-state index in [9.17, 15) is 9.59 Å². The third kappa shape index (κ3) is 6.32. The maximum absolute atomic E-state index is 11.5. The monoisotopic (exact) mass is 474 g/mol. The Kier molecular flexibility index (Phi) is 8.83. The molecule has 0 atom stereocenters. The predicted molar refractivity (Wildman–Crippen MR) is 128 cm³/mol. The van der Waals surface area contributed by atoms with Gasteiger partial charge in [-0.1, -0.05) is 35.9 Å². The van der Waals surface area contributed by atoms with Crippen LogP contribution in [0.1, 0.15) is 13.8 Å². The zero-order valence-corrected chi connectivity index (χ0v) is 19.4. The molecule has 0 aliphatic carbocycles. The molecule has 0 radical (unpaired) electrons. The minimum absolute atomic E-state index is 0.0949. The molecule has 0 aliphatic heterocycles. The number of halogens is 1. The highest BCUT2D eigenvalue weighted by molar-refractivity contribution is 6.31. The fraction of sp³-hybridized carbons (Fsp3) is 0.333. The summed E-state index contributed by atoms with van der Waals surface area (Å²) >= 11 is 6.28. The molecule has 0 bridgehead atoms. The molecule has 0 unspecified atom stereocenters. The molecule has 0 heterocycles. The van der Waals surface area contributed by atoms with Gasteiger partial charge in [-0.3, -0.25) is 0 Å². The van der Waals surface area contributed by atoms with Crippen molar-refractivity contribution in [3.63, 3.8) is 0 Å². The summed E-state index contributed by atoms with van der Waals surface area (Å²) in [6, 6.07) is 13.1. The average molecular weight is 475 g/mol. The fourth-order valence-corrected chi connectivity index (χ4v) is 3.50. The van der Waals surface area contributed by atoms with Crippen LogP contribution in [0.3, 0.4) is 0 Å². The SMILES string of the molecule is CCNC(=O)OCCOc1c2ccccc2c(OCCOC(=O)NCC)c2cc(Cl)ccc12. The zero-order chi connectivity index (χ0) is 23.6. The molecule has 0 saturated heterocycles. The summed E-state index contributed by atoms with van der Waals surface area (Å²) in [5.41, 5.74) is 0. The normalized spacial score (nSPS) is 10.6. The largest absolute Gasteiger partial charge is 0.489 e. The van der Waals surface area contributed by atoms with Crippen LogP contribution >= 0.6 is 11.6 Å². The highest BCUT2D eigenvalue weighted by atomic mass is 35.5. The van der Waals surface area contributed by atoms with Crippen molar-refractivity contribution in [3.05, 3.63) is 47.5 Å². The minimum Gasteiger partial charge on any atom is -0.489 e. The van der Waals surface area contributed by atoms with Crippen molar-refractivity contribution in [2.75, 3.05) is 39.5 Å². The number of alkyl carbamates (subject to hydrolysis) is 2.